The number of fused-ring (bicyclic) bond motifs is 1. The number of aliphatic hydroxyl groups is 1. The van der Waals surface area contributed by atoms with E-state index in [0.29, 0.717) is 12.3 Å². The summed E-state index contributed by atoms with van der Waals surface area (Å²) < 4.78 is 0. The van der Waals surface area contributed by atoms with Crippen LogP contribution in [0.3, 0.4) is 0 Å². The third-order valence-electron chi connectivity index (χ3n) is 3.93. The third kappa shape index (κ3) is 3.05. The standard InChI is InChI=1S/C17H20N2O2S/c1-10(2)17-18-12(9-22-17)8-15(21)19-16-13-6-4-3-5-11(13)7-14(16)20/h3-6,9-10,14,16,20H,7-8H2,1-2H3,(H,19,21). The molecule has 1 aliphatic carbocycles. The maximum absolute atomic E-state index is 12.2. The molecule has 22 heavy (non-hydrogen) atoms. The van der Waals surface area contributed by atoms with E-state index in [2.05, 4.69) is 24.1 Å². The van der Waals surface area contributed by atoms with Crippen LogP contribution in [0.1, 0.15) is 47.6 Å². The number of nitrogens with zero attached hydrogens (tertiary/aromatic N) is 1. The topological polar surface area (TPSA) is 62.2 Å². The largest absolute Gasteiger partial charge is 0.390 e. The molecule has 4 nitrogen and oxygen atoms in total. The molecule has 3 rings (SSSR count). The first-order valence-electron chi connectivity index (χ1n) is 7.54. The van der Waals surface area contributed by atoms with Gasteiger partial charge >= 0.3 is 0 Å². The summed E-state index contributed by atoms with van der Waals surface area (Å²) in [4.78, 5) is 16.7. The number of aliphatic hydroxyl groups excluding tert-OH is 1. The lowest BCUT2D eigenvalue weighted by molar-refractivity contribution is -0.122. The van der Waals surface area contributed by atoms with Crippen LogP contribution in [0, 0.1) is 0 Å². The molecule has 2 atom stereocenters. The molecule has 1 aliphatic rings. The highest BCUT2D eigenvalue weighted by Gasteiger charge is 2.31. The molecule has 2 unspecified atom stereocenters. The van der Waals surface area contributed by atoms with Crippen molar-refractivity contribution in [2.75, 3.05) is 0 Å². The lowest BCUT2D eigenvalue weighted by atomic mass is 10.1. The van der Waals surface area contributed by atoms with Crippen LogP contribution >= 0.6 is 11.3 Å². The molecule has 5 heteroatoms. The lowest BCUT2D eigenvalue weighted by Gasteiger charge is -2.17. The normalized spacial score (nSPS) is 20.2. The smallest absolute Gasteiger partial charge is 0.226 e. The van der Waals surface area contributed by atoms with Gasteiger partial charge in [0, 0.05) is 17.7 Å². The van der Waals surface area contributed by atoms with Gasteiger partial charge in [0.2, 0.25) is 5.91 Å². The van der Waals surface area contributed by atoms with Gasteiger partial charge in [-0.15, -0.1) is 11.3 Å². The van der Waals surface area contributed by atoms with Crippen molar-refractivity contribution in [3.8, 4) is 0 Å². The Labute approximate surface area is 134 Å². The Hall–Kier alpha value is -1.72. The zero-order chi connectivity index (χ0) is 15.7. The quantitative estimate of drug-likeness (QED) is 0.911. The first-order valence-corrected chi connectivity index (χ1v) is 8.42. The number of aromatic nitrogens is 1. The zero-order valence-corrected chi connectivity index (χ0v) is 13.6. The molecular formula is C17H20N2O2S. The summed E-state index contributed by atoms with van der Waals surface area (Å²) in [6, 6.07) is 7.55. The van der Waals surface area contributed by atoms with Gasteiger partial charge in [-0.1, -0.05) is 38.1 Å². The first-order chi connectivity index (χ1) is 10.5. The number of carbonyl (C=O) groups is 1. The highest BCUT2D eigenvalue weighted by molar-refractivity contribution is 7.09. The van der Waals surface area contributed by atoms with Gasteiger partial charge in [0.25, 0.3) is 0 Å². The molecule has 1 aromatic heterocycles. The molecule has 1 heterocycles. The van der Waals surface area contributed by atoms with E-state index in [0.717, 1.165) is 21.8 Å². The van der Waals surface area contributed by atoms with E-state index in [4.69, 9.17) is 0 Å². The van der Waals surface area contributed by atoms with Crippen molar-refractivity contribution in [3.63, 3.8) is 0 Å². The van der Waals surface area contributed by atoms with Crippen LogP contribution in [-0.4, -0.2) is 22.1 Å². The summed E-state index contributed by atoms with van der Waals surface area (Å²) in [7, 11) is 0. The van der Waals surface area contributed by atoms with Crippen molar-refractivity contribution in [3.05, 3.63) is 51.5 Å². The molecule has 116 valence electrons. The van der Waals surface area contributed by atoms with E-state index in [1.807, 2.05) is 29.6 Å². The van der Waals surface area contributed by atoms with E-state index in [-0.39, 0.29) is 18.4 Å². The van der Waals surface area contributed by atoms with Crippen molar-refractivity contribution in [1.82, 2.24) is 10.3 Å². The molecule has 0 saturated carbocycles. The Morgan fingerprint density at radius 1 is 1.45 bits per heavy atom. The van der Waals surface area contributed by atoms with Crippen LogP contribution in [0.2, 0.25) is 0 Å². The fraction of sp³-hybridized carbons (Fsp3) is 0.412. The minimum Gasteiger partial charge on any atom is -0.390 e. The van der Waals surface area contributed by atoms with Crippen molar-refractivity contribution in [2.45, 2.75) is 44.8 Å². The minimum atomic E-state index is -0.553. The van der Waals surface area contributed by atoms with E-state index in [9.17, 15) is 9.90 Å². The van der Waals surface area contributed by atoms with Gasteiger partial charge < -0.3 is 10.4 Å². The predicted octanol–water partition coefficient (Wildman–Crippen LogP) is 2.58. The molecule has 0 radical (unpaired) electrons. The average Bonchev–Trinajstić information content (AvgIpc) is 3.05. The number of benzene rings is 1. The molecule has 1 amide bonds. The van der Waals surface area contributed by atoms with Gasteiger partial charge in [-0.25, -0.2) is 4.98 Å². The second kappa shape index (κ2) is 6.18. The van der Waals surface area contributed by atoms with Gasteiger partial charge in [0.15, 0.2) is 0 Å². The average molecular weight is 316 g/mol. The van der Waals surface area contributed by atoms with E-state index >= 15 is 0 Å². The van der Waals surface area contributed by atoms with Crippen molar-refractivity contribution in [1.29, 1.82) is 0 Å². The number of thiazole rings is 1. The molecule has 0 saturated heterocycles. The van der Waals surface area contributed by atoms with Gasteiger partial charge in [-0.3, -0.25) is 4.79 Å². The minimum absolute atomic E-state index is 0.0960. The van der Waals surface area contributed by atoms with Crippen molar-refractivity contribution < 1.29 is 9.90 Å². The van der Waals surface area contributed by atoms with Gasteiger partial charge in [0.1, 0.15) is 0 Å². The van der Waals surface area contributed by atoms with Crippen molar-refractivity contribution >= 4 is 17.2 Å². The maximum atomic E-state index is 12.2. The second-order valence-corrected chi connectivity index (χ2v) is 6.91. The van der Waals surface area contributed by atoms with Gasteiger partial charge in [0.05, 0.1) is 29.3 Å². The molecule has 0 fully saturated rings. The Morgan fingerprint density at radius 2 is 2.23 bits per heavy atom. The Morgan fingerprint density at radius 3 is 2.95 bits per heavy atom. The number of nitrogens with one attached hydrogen (secondary N) is 1. The number of amides is 1. The number of rotatable bonds is 4. The summed E-state index contributed by atoms with van der Waals surface area (Å²) in [6.07, 6.45) is 0.298. The summed E-state index contributed by atoms with van der Waals surface area (Å²) in [5, 5.41) is 16.1. The molecule has 0 bridgehead atoms. The van der Waals surface area contributed by atoms with E-state index in [1.165, 1.54) is 0 Å². The van der Waals surface area contributed by atoms with E-state index in [1.54, 1.807) is 11.3 Å². The lowest BCUT2D eigenvalue weighted by Crippen LogP contribution is -2.34. The summed E-state index contributed by atoms with van der Waals surface area (Å²) in [5.41, 5.74) is 2.92. The highest BCUT2D eigenvalue weighted by Crippen LogP contribution is 2.31. The summed E-state index contributed by atoms with van der Waals surface area (Å²) in [6.45, 7) is 4.18. The SMILES string of the molecule is CC(C)c1nc(CC(=O)NC2c3ccccc3CC2O)cs1. The summed E-state index contributed by atoms with van der Waals surface area (Å²) in [5.74, 6) is 0.284. The first kappa shape index (κ1) is 15.2. The fourth-order valence-electron chi connectivity index (χ4n) is 2.81. The molecule has 1 aromatic carbocycles. The zero-order valence-electron chi connectivity index (χ0n) is 12.7. The Balaban J connectivity index is 1.67. The van der Waals surface area contributed by atoms with E-state index < -0.39 is 6.10 Å². The molecule has 2 aromatic rings. The highest BCUT2D eigenvalue weighted by atomic mass is 32.1. The predicted molar refractivity (Wildman–Crippen MR) is 86.9 cm³/mol. The Bertz CT molecular complexity index is 681. The number of carbonyl (C=O) groups excluding carboxylic acids is 1. The number of hydrogen-bond donors (Lipinski definition) is 2. The second-order valence-electron chi connectivity index (χ2n) is 6.02. The molecule has 0 spiro atoms. The van der Waals surface area contributed by atoms with Crippen LogP contribution in [0.4, 0.5) is 0 Å². The van der Waals surface area contributed by atoms with Crippen LogP contribution < -0.4 is 5.32 Å². The maximum Gasteiger partial charge on any atom is 0.226 e. The third-order valence-corrected chi connectivity index (χ3v) is 5.12. The fourth-order valence-corrected chi connectivity index (χ4v) is 3.64. The van der Waals surface area contributed by atoms with Gasteiger partial charge in [-0.05, 0) is 11.1 Å². The van der Waals surface area contributed by atoms with Crippen LogP contribution in [0.15, 0.2) is 29.6 Å². The van der Waals surface area contributed by atoms with Crippen LogP contribution in [0.5, 0.6) is 0 Å². The van der Waals surface area contributed by atoms with Crippen molar-refractivity contribution in [2.24, 2.45) is 0 Å². The van der Waals surface area contributed by atoms with Crippen LogP contribution in [0.25, 0.3) is 0 Å². The van der Waals surface area contributed by atoms with Crippen LogP contribution in [-0.2, 0) is 17.6 Å². The molecule has 2 N–H and O–H groups in total. The molecular weight excluding hydrogens is 296 g/mol. The monoisotopic (exact) mass is 316 g/mol. The Kier molecular flexibility index (Phi) is 4.27. The number of hydrogen-bond acceptors (Lipinski definition) is 4. The summed E-state index contributed by atoms with van der Waals surface area (Å²) >= 11 is 1.59. The van der Waals surface area contributed by atoms with Gasteiger partial charge in [-0.2, -0.15) is 0 Å². The molecule has 0 aliphatic heterocycles.